The molecule has 0 radical (unpaired) electrons. The van der Waals surface area contributed by atoms with Crippen molar-refractivity contribution in [1.29, 1.82) is 0 Å². The molecule has 0 saturated heterocycles. The minimum atomic E-state index is -0.598. The molecule has 0 amide bonds. The number of hydrogen-bond donors (Lipinski definition) is 2. The minimum Gasteiger partial charge on any atom is -0.491 e. The van der Waals surface area contributed by atoms with Crippen molar-refractivity contribution < 1.29 is 9.84 Å². The monoisotopic (exact) mass is 283 g/mol. The van der Waals surface area contributed by atoms with Gasteiger partial charge in [0.2, 0.25) is 0 Å². The summed E-state index contributed by atoms with van der Waals surface area (Å²) < 4.78 is 5.87. The summed E-state index contributed by atoms with van der Waals surface area (Å²) in [4.78, 5) is 0. The summed E-state index contributed by atoms with van der Waals surface area (Å²) in [5.74, 6) is 1.29. The van der Waals surface area contributed by atoms with Crippen molar-refractivity contribution in [2.24, 2.45) is 5.92 Å². The molecular formula is C15H22ClNO2. The quantitative estimate of drug-likeness (QED) is 0.843. The fourth-order valence-corrected chi connectivity index (χ4v) is 2.66. The lowest BCUT2D eigenvalue weighted by Crippen LogP contribution is -2.21. The standard InChI is InChI=1S/C15H22ClNO2/c1-10-6-12(14(18)8-17-2)15(13(16)7-10)19-9-11-4-3-5-11/h6-7,11,14,17-18H,3-5,8-9H2,1-2H3. The highest BCUT2D eigenvalue weighted by Gasteiger charge is 2.21. The molecule has 1 fully saturated rings. The lowest BCUT2D eigenvalue weighted by molar-refractivity contribution is 0.155. The summed E-state index contributed by atoms with van der Waals surface area (Å²) in [5.41, 5.74) is 1.81. The van der Waals surface area contributed by atoms with Crippen molar-refractivity contribution in [3.05, 3.63) is 28.3 Å². The summed E-state index contributed by atoms with van der Waals surface area (Å²) >= 11 is 6.27. The van der Waals surface area contributed by atoms with Gasteiger partial charge >= 0.3 is 0 Å². The molecule has 1 aliphatic carbocycles. The van der Waals surface area contributed by atoms with E-state index in [9.17, 15) is 5.11 Å². The maximum Gasteiger partial charge on any atom is 0.143 e. The van der Waals surface area contributed by atoms with Gasteiger partial charge in [0.1, 0.15) is 5.75 Å². The molecule has 2 N–H and O–H groups in total. The van der Waals surface area contributed by atoms with E-state index in [1.807, 2.05) is 26.1 Å². The number of ether oxygens (including phenoxy) is 1. The average molecular weight is 284 g/mol. The highest BCUT2D eigenvalue weighted by Crippen LogP contribution is 2.36. The number of nitrogens with one attached hydrogen (secondary N) is 1. The summed E-state index contributed by atoms with van der Waals surface area (Å²) in [5, 5.41) is 13.7. The van der Waals surface area contributed by atoms with Crippen LogP contribution in [0.25, 0.3) is 0 Å². The molecule has 2 rings (SSSR count). The number of halogens is 1. The van der Waals surface area contributed by atoms with Crippen molar-refractivity contribution in [1.82, 2.24) is 5.32 Å². The minimum absolute atomic E-state index is 0.486. The van der Waals surface area contributed by atoms with E-state index >= 15 is 0 Å². The molecule has 19 heavy (non-hydrogen) atoms. The molecule has 1 atom stereocenters. The molecule has 0 heterocycles. The van der Waals surface area contributed by atoms with Gasteiger partial charge in [-0.25, -0.2) is 0 Å². The Morgan fingerprint density at radius 2 is 2.21 bits per heavy atom. The molecule has 0 spiro atoms. The first-order chi connectivity index (χ1) is 9.11. The van der Waals surface area contributed by atoms with Gasteiger partial charge in [-0.1, -0.05) is 18.0 Å². The van der Waals surface area contributed by atoms with Crippen LogP contribution in [0.4, 0.5) is 0 Å². The molecule has 4 heteroatoms. The number of hydrogen-bond acceptors (Lipinski definition) is 3. The molecule has 1 unspecified atom stereocenters. The molecule has 1 saturated carbocycles. The van der Waals surface area contributed by atoms with Crippen LogP contribution in [0.1, 0.15) is 36.5 Å². The number of aryl methyl sites for hydroxylation is 1. The second-order valence-electron chi connectivity index (χ2n) is 5.35. The normalized spacial score (nSPS) is 17.1. The van der Waals surface area contributed by atoms with Gasteiger partial charge in [0.25, 0.3) is 0 Å². The Labute approximate surface area is 119 Å². The van der Waals surface area contributed by atoms with E-state index in [0.717, 1.165) is 11.1 Å². The van der Waals surface area contributed by atoms with E-state index in [2.05, 4.69) is 5.32 Å². The zero-order chi connectivity index (χ0) is 13.8. The number of aliphatic hydroxyl groups is 1. The van der Waals surface area contributed by atoms with E-state index < -0.39 is 6.10 Å². The van der Waals surface area contributed by atoms with E-state index in [0.29, 0.717) is 29.8 Å². The highest BCUT2D eigenvalue weighted by molar-refractivity contribution is 6.32. The second-order valence-corrected chi connectivity index (χ2v) is 5.75. The summed E-state index contributed by atoms with van der Waals surface area (Å²) in [7, 11) is 1.81. The van der Waals surface area contributed by atoms with Crippen LogP contribution in [-0.2, 0) is 0 Å². The lowest BCUT2D eigenvalue weighted by atomic mass is 9.86. The van der Waals surface area contributed by atoms with Crippen molar-refractivity contribution in [2.45, 2.75) is 32.3 Å². The Bertz CT molecular complexity index is 432. The van der Waals surface area contributed by atoms with E-state index in [4.69, 9.17) is 16.3 Å². The van der Waals surface area contributed by atoms with Crippen molar-refractivity contribution >= 4 is 11.6 Å². The molecule has 0 aliphatic heterocycles. The number of benzene rings is 1. The zero-order valence-electron chi connectivity index (χ0n) is 11.6. The Morgan fingerprint density at radius 1 is 1.47 bits per heavy atom. The third-order valence-corrected chi connectivity index (χ3v) is 3.94. The summed E-state index contributed by atoms with van der Waals surface area (Å²) in [6.07, 6.45) is 3.17. The first-order valence-electron chi connectivity index (χ1n) is 6.87. The largest absolute Gasteiger partial charge is 0.491 e. The van der Waals surface area contributed by atoms with Gasteiger partial charge in [0.15, 0.2) is 0 Å². The maximum atomic E-state index is 10.2. The number of aliphatic hydroxyl groups excluding tert-OH is 1. The Morgan fingerprint density at radius 3 is 2.79 bits per heavy atom. The molecule has 1 aliphatic rings. The van der Waals surface area contributed by atoms with Gasteiger partial charge in [-0.15, -0.1) is 0 Å². The fourth-order valence-electron chi connectivity index (χ4n) is 2.32. The Hall–Kier alpha value is -0.770. The van der Waals surface area contributed by atoms with Crippen LogP contribution in [0.3, 0.4) is 0 Å². The lowest BCUT2D eigenvalue weighted by Gasteiger charge is -2.26. The van der Waals surface area contributed by atoms with Gasteiger partial charge in [-0.05, 0) is 50.4 Å². The third-order valence-electron chi connectivity index (χ3n) is 3.66. The molecule has 0 bridgehead atoms. The van der Waals surface area contributed by atoms with Gasteiger partial charge in [0, 0.05) is 12.1 Å². The van der Waals surface area contributed by atoms with Crippen LogP contribution in [0.2, 0.25) is 5.02 Å². The van der Waals surface area contributed by atoms with Gasteiger partial charge in [0.05, 0.1) is 17.7 Å². The van der Waals surface area contributed by atoms with Crippen LogP contribution in [0, 0.1) is 12.8 Å². The average Bonchev–Trinajstić information content (AvgIpc) is 2.29. The van der Waals surface area contributed by atoms with Crippen LogP contribution in [0.5, 0.6) is 5.75 Å². The smallest absolute Gasteiger partial charge is 0.143 e. The SMILES string of the molecule is CNCC(O)c1cc(C)cc(Cl)c1OCC1CCC1. The third kappa shape index (κ3) is 3.62. The molecule has 106 valence electrons. The Balaban J connectivity index is 2.17. The first kappa shape index (κ1) is 14.6. The van der Waals surface area contributed by atoms with Crippen LogP contribution < -0.4 is 10.1 Å². The van der Waals surface area contributed by atoms with Gasteiger partial charge in [-0.3, -0.25) is 0 Å². The van der Waals surface area contributed by atoms with Crippen LogP contribution in [0.15, 0.2) is 12.1 Å². The maximum absolute atomic E-state index is 10.2. The fraction of sp³-hybridized carbons (Fsp3) is 0.600. The molecule has 1 aromatic carbocycles. The van der Waals surface area contributed by atoms with Gasteiger partial charge < -0.3 is 15.2 Å². The number of rotatable bonds is 6. The molecule has 0 aromatic heterocycles. The summed E-state index contributed by atoms with van der Waals surface area (Å²) in [6, 6.07) is 3.83. The second kappa shape index (κ2) is 6.60. The topological polar surface area (TPSA) is 41.5 Å². The van der Waals surface area contributed by atoms with E-state index in [1.165, 1.54) is 19.3 Å². The van der Waals surface area contributed by atoms with Crippen molar-refractivity contribution in [3.63, 3.8) is 0 Å². The Kier molecular flexibility index (Phi) is 5.08. The number of likely N-dealkylation sites (N-methyl/N-ethyl adjacent to an activating group) is 1. The molecular weight excluding hydrogens is 262 g/mol. The van der Waals surface area contributed by atoms with Crippen molar-refractivity contribution in [3.8, 4) is 5.75 Å². The van der Waals surface area contributed by atoms with Crippen LogP contribution >= 0.6 is 11.6 Å². The van der Waals surface area contributed by atoms with E-state index in [-0.39, 0.29) is 0 Å². The predicted octanol–water partition coefficient (Wildman–Crippen LogP) is 3.08. The van der Waals surface area contributed by atoms with E-state index in [1.54, 1.807) is 0 Å². The highest BCUT2D eigenvalue weighted by atomic mass is 35.5. The molecule has 1 aromatic rings. The van der Waals surface area contributed by atoms with Crippen LogP contribution in [-0.4, -0.2) is 25.3 Å². The first-order valence-corrected chi connectivity index (χ1v) is 7.25. The molecule has 3 nitrogen and oxygen atoms in total. The van der Waals surface area contributed by atoms with Crippen molar-refractivity contribution in [2.75, 3.05) is 20.2 Å². The predicted molar refractivity (Wildman–Crippen MR) is 77.9 cm³/mol. The zero-order valence-corrected chi connectivity index (χ0v) is 12.3. The van der Waals surface area contributed by atoms with Gasteiger partial charge in [-0.2, -0.15) is 0 Å². The summed E-state index contributed by atoms with van der Waals surface area (Å²) in [6.45, 7) is 3.15.